The van der Waals surface area contributed by atoms with Gasteiger partial charge in [-0.25, -0.2) is 4.79 Å². The Labute approximate surface area is 153 Å². The molecular formula is C22H23NO3. The fraction of sp³-hybridized carbons (Fsp3) is 0.409. The van der Waals surface area contributed by atoms with Crippen LogP contribution in [-0.4, -0.2) is 42.4 Å². The van der Waals surface area contributed by atoms with Crippen molar-refractivity contribution in [3.8, 4) is 11.1 Å². The van der Waals surface area contributed by atoms with Gasteiger partial charge < -0.3 is 14.7 Å². The molecule has 1 amide bonds. The first-order chi connectivity index (χ1) is 12.8. The Bertz CT molecular complexity index is 803. The molecule has 3 atom stereocenters. The van der Waals surface area contributed by atoms with Crippen LogP contribution in [0.2, 0.25) is 0 Å². The molecule has 0 unspecified atom stereocenters. The predicted molar refractivity (Wildman–Crippen MR) is 98.8 cm³/mol. The van der Waals surface area contributed by atoms with E-state index in [9.17, 15) is 9.90 Å². The number of carbonyl (C=O) groups excluding carboxylic acids is 1. The minimum atomic E-state index is -0.210. The molecule has 2 aliphatic carbocycles. The quantitative estimate of drug-likeness (QED) is 0.923. The third-order valence-electron chi connectivity index (χ3n) is 6.53. The summed E-state index contributed by atoms with van der Waals surface area (Å²) in [4.78, 5) is 14.4. The van der Waals surface area contributed by atoms with Gasteiger partial charge in [-0.05, 0) is 46.4 Å². The molecule has 1 N–H and O–H groups in total. The Kier molecular flexibility index (Phi) is 3.75. The topological polar surface area (TPSA) is 49.8 Å². The summed E-state index contributed by atoms with van der Waals surface area (Å²) >= 11 is 0. The molecule has 1 saturated carbocycles. The molecule has 5 rings (SSSR count). The average molecular weight is 349 g/mol. The van der Waals surface area contributed by atoms with Crippen molar-refractivity contribution in [2.75, 3.05) is 26.3 Å². The van der Waals surface area contributed by atoms with Gasteiger partial charge in [-0.3, -0.25) is 0 Å². The minimum absolute atomic E-state index is 0.107. The zero-order chi connectivity index (χ0) is 17.7. The third-order valence-corrected chi connectivity index (χ3v) is 6.53. The lowest BCUT2D eigenvalue weighted by atomic mass is 9.67. The smallest absolute Gasteiger partial charge is 0.409 e. The molecule has 134 valence electrons. The SMILES string of the molecule is O=C(OCC1c2ccccc2-c2ccccc21)N1C[C@H]2C[C@@H](CO)[C@H]2C1. The van der Waals surface area contributed by atoms with E-state index in [2.05, 4.69) is 36.4 Å². The third kappa shape index (κ3) is 2.36. The summed E-state index contributed by atoms with van der Waals surface area (Å²) in [7, 11) is 0. The van der Waals surface area contributed by atoms with Crippen LogP contribution in [0.25, 0.3) is 11.1 Å². The van der Waals surface area contributed by atoms with Gasteiger partial charge in [0.25, 0.3) is 0 Å². The van der Waals surface area contributed by atoms with Gasteiger partial charge >= 0.3 is 6.09 Å². The highest BCUT2D eigenvalue weighted by Crippen LogP contribution is 2.46. The van der Waals surface area contributed by atoms with Crippen LogP contribution in [0.1, 0.15) is 23.5 Å². The molecule has 0 aromatic heterocycles. The van der Waals surface area contributed by atoms with Crippen molar-refractivity contribution in [2.45, 2.75) is 12.3 Å². The summed E-state index contributed by atoms with van der Waals surface area (Å²) in [6, 6.07) is 16.8. The molecule has 3 aliphatic rings. The molecule has 2 aromatic rings. The number of carbonyl (C=O) groups is 1. The summed E-state index contributed by atoms with van der Waals surface area (Å²) in [6.45, 7) is 2.12. The second-order valence-corrected chi connectivity index (χ2v) is 7.81. The Morgan fingerprint density at radius 3 is 2.35 bits per heavy atom. The number of likely N-dealkylation sites (tertiary alicyclic amines) is 1. The van der Waals surface area contributed by atoms with Gasteiger partial charge in [-0.15, -0.1) is 0 Å². The van der Waals surface area contributed by atoms with Gasteiger partial charge in [-0.2, -0.15) is 0 Å². The Morgan fingerprint density at radius 1 is 1.04 bits per heavy atom. The van der Waals surface area contributed by atoms with Crippen molar-refractivity contribution in [1.29, 1.82) is 0 Å². The number of hydrogen-bond acceptors (Lipinski definition) is 3. The van der Waals surface area contributed by atoms with Gasteiger partial charge in [0, 0.05) is 25.6 Å². The number of amides is 1. The van der Waals surface area contributed by atoms with Crippen LogP contribution in [0.3, 0.4) is 0 Å². The largest absolute Gasteiger partial charge is 0.448 e. The monoisotopic (exact) mass is 349 g/mol. The lowest BCUT2D eigenvalue weighted by Crippen LogP contribution is -2.37. The predicted octanol–water partition coefficient (Wildman–Crippen LogP) is 3.50. The molecule has 0 bridgehead atoms. The van der Waals surface area contributed by atoms with Crippen LogP contribution in [0.15, 0.2) is 48.5 Å². The second-order valence-electron chi connectivity index (χ2n) is 7.81. The van der Waals surface area contributed by atoms with Crippen molar-refractivity contribution >= 4 is 6.09 Å². The van der Waals surface area contributed by atoms with Gasteiger partial charge in [0.1, 0.15) is 6.61 Å². The summed E-state index contributed by atoms with van der Waals surface area (Å²) < 4.78 is 5.74. The lowest BCUT2D eigenvalue weighted by molar-refractivity contribution is 0.0574. The molecule has 2 aromatic carbocycles. The number of nitrogens with zero attached hydrogens (tertiary/aromatic N) is 1. The lowest BCUT2D eigenvalue weighted by Gasteiger charge is -2.37. The molecule has 2 fully saturated rings. The molecule has 0 spiro atoms. The molecule has 4 nitrogen and oxygen atoms in total. The highest BCUT2D eigenvalue weighted by atomic mass is 16.6. The van der Waals surface area contributed by atoms with Gasteiger partial charge in [0.2, 0.25) is 0 Å². The van der Waals surface area contributed by atoms with Gasteiger partial charge in [-0.1, -0.05) is 48.5 Å². The number of fused-ring (bicyclic) bond motifs is 4. The van der Waals surface area contributed by atoms with E-state index in [1.54, 1.807) is 0 Å². The number of rotatable bonds is 3. The van der Waals surface area contributed by atoms with Crippen molar-refractivity contribution in [3.05, 3.63) is 59.7 Å². The van der Waals surface area contributed by atoms with Crippen LogP contribution in [0.5, 0.6) is 0 Å². The fourth-order valence-corrected chi connectivity index (χ4v) is 5.09. The highest BCUT2D eigenvalue weighted by Gasteiger charge is 2.48. The zero-order valence-corrected chi connectivity index (χ0v) is 14.7. The first-order valence-corrected chi connectivity index (χ1v) is 9.47. The Balaban J connectivity index is 1.29. The van der Waals surface area contributed by atoms with Crippen LogP contribution < -0.4 is 0 Å². The standard InChI is InChI=1S/C22H23NO3/c24-12-15-9-14-10-23(11-20(14)15)22(25)26-13-21-18-7-3-1-5-16(18)17-6-2-4-8-19(17)21/h1-8,14-15,20-21,24H,9-13H2/t14-,15+,20+/m1/s1. The van der Waals surface area contributed by atoms with E-state index in [1.165, 1.54) is 22.3 Å². The summed E-state index contributed by atoms with van der Waals surface area (Å²) in [5.74, 6) is 1.48. The molecule has 26 heavy (non-hydrogen) atoms. The van der Waals surface area contributed by atoms with E-state index < -0.39 is 0 Å². The minimum Gasteiger partial charge on any atom is -0.448 e. The number of ether oxygens (including phenoxy) is 1. The maximum absolute atomic E-state index is 12.6. The van der Waals surface area contributed by atoms with Crippen molar-refractivity contribution in [1.82, 2.24) is 4.90 Å². The Hall–Kier alpha value is -2.33. The van der Waals surface area contributed by atoms with E-state index in [0.29, 0.717) is 24.4 Å². The van der Waals surface area contributed by atoms with Crippen molar-refractivity contribution in [3.63, 3.8) is 0 Å². The first-order valence-electron chi connectivity index (χ1n) is 9.47. The molecule has 0 radical (unpaired) electrons. The summed E-state index contributed by atoms with van der Waals surface area (Å²) in [5.41, 5.74) is 4.97. The first kappa shape index (κ1) is 15.9. The van der Waals surface area contributed by atoms with Crippen LogP contribution in [0.4, 0.5) is 4.79 Å². The number of aliphatic hydroxyl groups is 1. The molecular weight excluding hydrogens is 326 g/mol. The van der Waals surface area contributed by atoms with Crippen LogP contribution in [0, 0.1) is 17.8 Å². The van der Waals surface area contributed by atoms with Crippen molar-refractivity contribution < 1.29 is 14.6 Å². The summed E-state index contributed by atoms with van der Waals surface area (Å²) in [5, 5.41) is 9.36. The zero-order valence-electron chi connectivity index (χ0n) is 14.7. The normalized spacial score (nSPS) is 26.0. The molecule has 1 saturated heterocycles. The number of benzene rings is 2. The molecule has 1 heterocycles. The second kappa shape index (κ2) is 6.13. The maximum Gasteiger partial charge on any atom is 0.409 e. The fourth-order valence-electron chi connectivity index (χ4n) is 5.09. The van der Waals surface area contributed by atoms with Crippen molar-refractivity contribution in [2.24, 2.45) is 17.8 Å². The Morgan fingerprint density at radius 2 is 1.69 bits per heavy atom. The van der Waals surface area contributed by atoms with Crippen LogP contribution >= 0.6 is 0 Å². The molecule has 1 aliphatic heterocycles. The molecule has 4 heteroatoms. The number of aliphatic hydroxyl groups excluding tert-OH is 1. The highest BCUT2D eigenvalue weighted by molar-refractivity contribution is 5.79. The van der Waals surface area contributed by atoms with E-state index in [4.69, 9.17) is 4.74 Å². The summed E-state index contributed by atoms with van der Waals surface area (Å²) in [6.07, 6.45) is 0.826. The van der Waals surface area contributed by atoms with E-state index in [1.807, 2.05) is 17.0 Å². The average Bonchev–Trinajstić information content (AvgIpc) is 3.16. The maximum atomic E-state index is 12.6. The van der Waals surface area contributed by atoms with Gasteiger partial charge in [0.05, 0.1) is 0 Å². The van der Waals surface area contributed by atoms with E-state index >= 15 is 0 Å². The number of hydrogen-bond donors (Lipinski definition) is 1. The van der Waals surface area contributed by atoms with Gasteiger partial charge in [0.15, 0.2) is 0 Å². The van der Waals surface area contributed by atoms with Crippen LogP contribution in [-0.2, 0) is 4.74 Å². The van der Waals surface area contributed by atoms with E-state index in [0.717, 1.165) is 19.5 Å². The van der Waals surface area contributed by atoms with E-state index in [-0.39, 0.29) is 18.6 Å².